The van der Waals surface area contributed by atoms with Crippen molar-refractivity contribution in [1.29, 1.82) is 0 Å². The Kier molecular flexibility index (Phi) is 5.35. The van der Waals surface area contributed by atoms with E-state index < -0.39 is 0 Å². The molecule has 0 saturated heterocycles. The van der Waals surface area contributed by atoms with E-state index in [4.69, 9.17) is 14.2 Å². The van der Waals surface area contributed by atoms with E-state index in [0.29, 0.717) is 5.82 Å². The fourth-order valence-electron chi connectivity index (χ4n) is 3.02. The molecule has 0 bridgehead atoms. The minimum atomic E-state index is 0.0984. The van der Waals surface area contributed by atoms with Gasteiger partial charge in [-0.15, -0.1) is 10.2 Å². The van der Waals surface area contributed by atoms with Crippen molar-refractivity contribution in [3.8, 4) is 28.6 Å². The van der Waals surface area contributed by atoms with Gasteiger partial charge in [-0.25, -0.2) is 4.68 Å². The molecule has 2 aromatic carbocycles. The summed E-state index contributed by atoms with van der Waals surface area (Å²) in [5.41, 5.74) is 6.07. The molecule has 29 heavy (non-hydrogen) atoms. The molecule has 0 radical (unpaired) electrons. The summed E-state index contributed by atoms with van der Waals surface area (Å²) in [6, 6.07) is 13.5. The van der Waals surface area contributed by atoms with E-state index in [1.54, 1.807) is 14.2 Å². The minimum absolute atomic E-state index is 0.0984. The van der Waals surface area contributed by atoms with Crippen molar-refractivity contribution in [2.24, 2.45) is 0 Å². The number of thioether (sulfide) groups is 1. The lowest BCUT2D eigenvalue weighted by atomic mass is 10.1. The van der Waals surface area contributed by atoms with Gasteiger partial charge in [0.05, 0.1) is 26.0 Å². The summed E-state index contributed by atoms with van der Waals surface area (Å²) >= 11 is 1.49. The van der Waals surface area contributed by atoms with Crippen LogP contribution in [0.2, 0.25) is 0 Å². The first-order valence-corrected chi connectivity index (χ1v) is 10.1. The van der Waals surface area contributed by atoms with Gasteiger partial charge in [0, 0.05) is 16.5 Å². The number of hydrogen-bond acceptors (Lipinski definition) is 7. The quantitative estimate of drug-likeness (QED) is 0.646. The Labute approximate surface area is 173 Å². The lowest BCUT2D eigenvalue weighted by Crippen LogP contribution is -2.18. The summed E-state index contributed by atoms with van der Waals surface area (Å²) in [5.74, 6) is 3.00. The Hall–Kier alpha value is -3.13. The molecular formula is C21H22N4O3S. The number of aromatic nitrogens is 3. The molecule has 150 valence electrons. The molecule has 2 heterocycles. The van der Waals surface area contributed by atoms with Crippen LogP contribution in [0.15, 0.2) is 53.0 Å². The molecule has 1 N–H and O–H groups in total. The van der Waals surface area contributed by atoms with E-state index in [-0.39, 0.29) is 6.10 Å². The first-order chi connectivity index (χ1) is 14.1. The lowest BCUT2D eigenvalue weighted by molar-refractivity contribution is 0.242. The first kappa shape index (κ1) is 19.2. The van der Waals surface area contributed by atoms with Crippen LogP contribution in [0.25, 0.3) is 17.1 Å². The summed E-state index contributed by atoms with van der Waals surface area (Å²) in [5, 5.41) is 11.4. The first-order valence-electron chi connectivity index (χ1n) is 9.18. The average Bonchev–Trinajstić information content (AvgIpc) is 3.16. The molecule has 0 atom stereocenters. The lowest BCUT2D eigenvalue weighted by Gasteiger charge is -2.21. The summed E-state index contributed by atoms with van der Waals surface area (Å²) in [6.07, 6.45) is 0.0984. The fourth-order valence-corrected chi connectivity index (χ4v) is 3.75. The Morgan fingerprint density at radius 1 is 1.00 bits per heavy atom. The Morgan fingerprint density at radius 3 is 2.62 bits per heavy atom. The molecule has 1 aromatic heterocycles. The molecule has 0 fully saturated rings. The number of benzene rings is 2. The number of nitrogens with zero attached hydrogens (tertiary/aromatic N) is 3. The largest absolute Gasteiger partial charge is 0.497 e. The van der Waals surface area contributed by atoms with E-state index in [2.05, 4.69) is 15.6 Å². The highest BCUT2D eigenvalue weighted by Gasteiger charge is 2.22. The highest BCUT2D eigenvalue weighted by molar-refractivity contribution is 8.02. The summed E-state index contributed by atoms with van der Waals surface area (Å²) < 4.78 is 18.6. The van der Waals surface area contributed by atoms with Crippen LogP contribution in [0.3, 0.4) is 0 Å². The van der Waals surface area contributed by atoms with Crippen LogP contribution >= 0.6 is 11.8 Å². The van der Waals surface area contributed by atoms with Crippen LogP contribution in [0.1, 0.15) is 19.4 Å². The molecule has 0 spiro atoms. The van der Waals surface area contributed by atoms with Gasteiger partial charge in [-0.3, -0.25) is 5.43 Å². The summed E-state index contributed by atoms with van der Waals surface area (Å²) in [4.78, 5) is 0. The molecule has 8 heteroatoms. The predicted octanol–water partition coefficient (Wildman–Crippen LogP) is 4.40. The van der Waals surface area contributed by atoms with Crippen molar-refractivity contribution >= 4 is 17.5 Å². The zero-order valence-electron chi connectivity index (χ0n) is 16.7. The zero-order valence-corrected chi connectivity index (χ0v) is 17.5. The molecule has 0 amide bonds. The van der Waals surface area contributed by atoms with Gasteiger partial charge in [-0.2, -0.15) is 0 Å². The zero-order chi connectivity index (χ0) is 20.4. The van der Waals surface area contributed by atoms with Gasteiger partial charge in [0.1, 0.15) is 17.2 Å². The van der Waals surface area contributed by atoms with E-state index >= 15 is 0 Å². The normalized spacial score (nSPS) is 12.8. The third-order valence-corrected chi connectivity index (χ3v) is 5.14. The maximum atomic E-state index is 5.82. The monoisotopic (exact) mass is 410 g/mol. The number of fused-ring (bicyclic) bond motifs is 1. The Balaban J connectivity index is 1.69. The van der Waals surface area contributed by atoms with E-state index in [0.717, 1.165) is 39.2 Å². The summed E-state index contributed by atoms with van der Waals surface area (Å²) in [7, 11) is 3.29. The molecule has 1 aliphatic rings. The number of ether oxygens (including phenoxy) is 3. The summed E-state index contributed by atoms with van der Waals surface area (Å²) in [6.45, 7) is 4.00. The highest BCUT2D eigenvalue weighted by atomic mass is 32.2. The molecular weight excluding hydrogens is 388 g/mol. The number of methoxy groups -OCH3 is 2. The second kappa shape index (κ2) is 8.08. The second-order valence-electron chi connectivity index (χ2n) is 6.66. The highest BCUT2D eigenvalue weighted by Crippen LogP contribution is 2.36. The van der Waals surface area contributed by atoms with Gasteiger partial charge in [0.2, 0.25) is 5.16 Å². The van der Waals surface area contributed by atoms with Gasteiger partial charge >= 0.3 is 0 Å². The maximum absolute atomic E-state index is 5.82. The minimum Gasteiger partial charge on any atom is -0.497 e. The Morgan fingerprint density at radius 2 is 1.86 bits per heavy atom. The van der Waals surface area contributed by atoms with Gasteiger partial charge in [0.25, 0.3) is 0 Å². The van der Waals surface area contributed by atoms with Crippen LogP contribution in [-0.2, 0) is 0 Å². The topological polar surface area (TPSA) is 70.4 Å². The van der Waals surface area contributed by atoms with Gasteiger partial charge in [-0.05, 0) is 44.2 Å². The van der Waals surface area contributed by atoms with Crippen LogP contribution in [0.5, 0.6) is 17.2 Å². The van der Waals surface area contributed by atoms with Crippen molar-refractivity contribution < 1.29 is 14.2 Å². The fraction of sp³-hybridized carbons (Fsp3) is 0.238. The van der Waals surface area contributed by atoms with E-state index in [1.807, 2.05) is 66.4 Å². The molecule has 7 nitrogen and oxygen atoms in total. The molecule has 3 aromatic rings. The van der Waals surface area contributed by atoms with Crippen molar-refractivity contribution in [3.63, 3.8) is 0 Å². The molecule has 0 aliphatic carbocycles. The molecule has 1 aliphatic heterocycles. The van der Waals surface area contributed by atoms with Crippen LogP contribution in [0.4, 0.5) is 0 Å². The van der Waals surface area contributed by atoms with Gasteiger partial charge < -0.3 is 14.2 Å². The van der Waals surface area contributed by atoms with Crippen molar-refractivity contribution in [2.75, 3.05) is 19.6 Å². The number of hydrogen-bond donors (Lipinski definition) is 1. The third-order valence-electron chi connectivity index (χ3n) is 4.31. The van der Waals surface area contributed by atoms with Crippen LogP contribution in [-0.4, -0.2) is 35.2 Å². The maximum Gasteiger partial charge on any atom is 0.214 e. The SMILES string of the molecule is COc1ccc(OC)c(C2=CSc3nnc(-c4cccc(OC(C)C)c4)n3N2)c1. The van der Waals surface area contributed by atoms with Crippen molar-refractivity contribution in [2.45, 2.75) is 25.1 Å². The standard InChI is InChI=1S/C21H22N4O3S/c1-13(2)28-16-7-5-6-14(10-16)20-22-23-21-25(20)24-18(12-29-21)17-11-15(26-3)8-9-19(17)27-4/h5-13,24H,1-4H3. The van der Waals surface area contributed by atoms with Crippen molar-refractivity contribution in [1.82, 2.24) is 14.9 Å². The van der Waals surface area contributed by atoms with E-state index in [9.17, 15) is 0 Å². The molecule has 0 unspecified atom stereocenters. The third kappa shape index (κ3) is 3.88. The number of nitrogens with one attached hydrogen (secondary N) is 1. The second-order valence-corrected chi connectivity index (χ2v) is 7.50. The van der Waals surface area contributed by atoms with Gasteiger partial charge in [-0.1, -0.05) is 23.9 Å². The van der Waals surface area contributed by atoms with Crippen LogP contribution < -0.4 is 19.6 Å². The smallest absolute Gasteiger partial charge is 0.214 e. The van der Waals surface area contributed by atoms with Crippen LogP contribution in [0, 0.1) is 0 Å². The average molecular weight is 410 g/mol. The Bertz CT molecular complexity index is 1060. The predicted molar refractivity (Wildman–Crippen MR) is 114 cm³/mol. The van der Waals surface area contributed by atoms with Gasteiger partial charge in [0.15, 0.2) is 5.82 Å². The van der Waals surface area contributed by atoms with Crippen molar-refractivity contribution in [3.05, 3.63) is 53.4 Å². The molecule has 0 saturated carbocycles. The van der Waals surface area contributed by atoms with E-state index in [1.165, 1.54) is 11.8 Å². The number of rotatable bonds is 6. The molecule has 4 rings (SSSR count).